The quantitative estimate of drug-likeness (QED) is 0.683. The summed E-state index contributed by atoms with van der Waals surface area (Å²) in [6.07, 6.45) is 2.03. The van der Waals surface area contributed by atoms with Crippen LogP contribution in [0.4, 0.5) is 17.1 Å². The van der Waals surface area contributed by atoms with Crippen molar-refractivity contribution in [3.8, 4) is 0 Å². The molecular weight excluding hydrogens is 446 g/mol. The van der Waals surface area contributed by atoms with Crippen LogP contribution in [0.25, 0.3) is 0 Å². The number of nitrogens with two attached hydrogens (primary N) is 1. The van der Waals surface area contributed by atoms with Crippen LogP contribution in [0.5, 0.6) is 0 Å². The third-order valence-electron chi connectivity index (χ3n) is 6.65. The second-order valence-corrected chi connectivity index (χ2v) is 9.39. The molecule has 3 aliphatic heterocycles. The van der Waals surface area contributed by atoms with E-state index < -0.39 is 0 Å². The van der Waals surface area contributed by atoms with Crippen LogP contribution in [-0.4, -0.2) is 38.1 Å². The van der Waals surface area contributed by atoms with Gasteiger partial charge in [0.05, 0.1) is 5.92 Å². The van der Waals surface area contributed by atoms with E-state index in [2.05, 4.69) is 22.0 Å². The molecule has 2 aromatic rings. The minimum absolute atomic E-state index is 0.0293. The highest BCUT2D eigenvalue weighted by molar-refractivity contribution is 9.10. The first kappa shape index (κ1) is 19.6. The van der Waals surface area contributed by atoms with Gasteiger partial charge in [-0.1, -0.05) is 22.0 Å². The molecule has 3 aliphatic rings. The number of nitrogens with zero attached hydrogens (tertiary/aromatic N) is 2. The maximum absolute atomic E-state index is 13.6. The lowest BCUT2D eigenvalue weighted by molar-refractivity contribution is -0.124. The maximum atomic E-state index is 13.6. The molecule has 2 saturated heterocycles. The van der Waals surface area contributed by atoms with E-state index in [0.29, 0.717) is 32.0 Å². The van der Waals surface area contributed by atoms with E-state index in [0.717, 1.165) is 28.7 Å². The Balaban J connectivity index is 1.42. The van der Waals surface area contributed by atoms with Gasteiger partial charge in [0, 0.05) is 59.7 Å². The number of anilines is 3. The molecule has 2 aromatic carbocycles. The molecule has 2 N–H and O–H groups in total. The molecule has 2 fully saturated rings. The van der Waals surface area contributed by atoms with Gasteiger partial charge in [-0.15, -0.1) is 0 Å². The van der Waals surface area contributed by atoms with Gasteiger partial charge in [0.25, 0.3) is 0 Å². The van der Waals surface area contributed by atoms with E-state index in [9.17, 15) is 9.59 Å². The third-order valence-corrected chi connectivity index (χ3v) is 7.15. The standard InChI is InChI=1S/C23H24BrN3O3/c24-16-4-5-20-19(11-16)23(6-8-30-9-7-23)14-27(20)22(29)15-10-21(28)26(13-15)18-3-1-2-17(25)12-18/h1-5,11-12,15H,6-10,13-14,25H2/t15-/m0/s1. The second kappa shape index (κ2) is 7.39. The molecule has 6 nitrogen and oxygen atoms in total. The first-order valence-corrected chi connectivity index (χ1v) is 11.1. The number of ether oxygens (including phenoxy) is 1. The Kier molecular flexibility index (Phi) is 4.82. The Morgan fingerprint density at radius 2 is 1.97 bits per heavy atom. The highest BCUT2D eigenvalue weighted by Gasteiger charge is 2.48. The summed E-state index contributed by atoms with van der Waals surface area (Å²) in [4.78, 5) is 29.9. The first-order chi connectivity index (χ1) is 14.5. The van der Waals surface area contributed by atoms with Crippen molar-refractivity contribution >= 4 is 44.8 Å². The number of fused-ring (bicyclic) bond motifs is 2. The fraction of sp³-hybridized carbons (Fsp3) is 0.391. The van der Waals surface area contributed by atoms with Crippen molar-refractivity contribution in [3.63, 3.8) is 0 Å². The Morgan fingerprint density at radius 1 is 1.17 bits per heavy atom. The molecule has 3 heterocycles. The van der Waals surface area contributed by atoms with Crippen LogP contribution >= 0.6 is 15.9 Å². The molecular formula is C23H24BrN3O3. The van der Waals surface area contributed by atoms with Gasteiger partial charge < -0.3 is 20.3 Å². The van der Waals surface area contributed by atoms with E-state index >= 15 is 0 Å². The van der Waals surface area contributed by atoms with Gasteiger partial charge in [-0.05, 0) is 54.8 Å². The van der Waals surface area contributed by atoms with Gasteiger partial charge in [-0.3, -0.25) is 9.59 Å². The summed E-state index contributed by atoms with van der Waals surface area (Å²) in [5.41, 5.74) is 9.36. The van der Waals surface area contributed by atoms with Crippen molar-refractivity contribution < 1.29 is 14.3 Å². The van der Waals surface area contributed by atoms with Gasteiger partial charge in [0.2, 0.25) is 11.8 Å². The van der Waals surface area contributed by atoms with Crippen molar-refractivity contribution in [2.45, 2.75) is 24.7 Å². The van der Waals surface area contributed by atoms with E-state index in [1.54, 1.807) is 17.0 Å². The van der Waals surface area contributed by atoms with Crippen molar-refractivity contribution in [1.29, 1.82) is 0 Å². The predicted octanol–water partition coefficient (Wildman–Crippen LogP) is 3.48. The highest BCUT2D eigenvalue weighted by Crippen LogP contribution is 2.48. The predicted molar refractivity (Wildman–Crippen MR) is 120 cm³/mol. The summed E-state index contributed by atoms with van der Waals surface area (Å²) in [5.74, 6) is -0.359. The zero-order valence-electron chi connectivity index (χ0n) is 16.6. The second-order valence-electron chi connectivity index (χ2n) is 8.48. The van der Waals surface area contributed by atoms with Gasteiger partial charge in [0.1, 0.15) is 0 Å². The number of carbonyl (C=O) groups excluding carboxylic acids is 2. The number of benzene rings is 2. The van der Waals surface area contributed by atoms with E-state index in [4.69, 9.17) is 10.5 Å². The Labute approximate surface area is 184 Å². The molecule has 0 aliphatic carbocycles. The van der Waals surface area contributed by atoms with E-state index in [1.165, 1.54) is 5.56 Å². The van der Waals surface area contributed by atoms with Crippen LogP contribution < -0.4 is 15.5 Å². The SMILES string of the molecule is Nc1cccc(N2C[C@@H](C(=O)N3CC4(CCOCC4)c4cc(Br)ccc43)CC2=O)c1. The molecule has 0 radical (unpaired) electrons. The number of nitrogen functional groups attached to an aromatic ring is 1. The average molecular weight is 470 g/mol. The van der Waals surface area contributed by atoms with Gasteiger partial charge in [-0.25, -0.2) is 0 Å². The summed E-state index contributed by atoms with van der Waals surface area (Å²) in [6.45, 7) is 2.46. The molecule has 5 rings (SSSR count). The lowest BCUT2D eigenvalue weighted by Crippen LogP contribution is -2.43. The lowest BCUT2D eigenvalue weighted by atomic mass is 9.76. The Bertz CT molecular complexity index is 1020. The monoisotopic (exact) mass is 469 g/mol. The molecule has 0 saturated carbocycles. The third kappa shape index (κ3) is 3.20. The number of rotatable bonds is 2. The van der Waals surface area contributed by atoms with Crippen molar-refractivity contribution in [1.82, 2.24) is 0 Å². The lowest BCUT2D eigenvalue weighted by Gasteiger charge is -2.34. The molecule has 0 aromatic heterocycles. The molecule has 1 spiro atoms. The molecule has 0 bridgehead atoms. The fourth-order valence-corrected chi connectivity index (χ4v) is 5.42. The minimum Gasteiger partial charge on any atom is -0.399 e. The number of hydrogen-bond acceptors (Lipinski definition) is 4. The molecule has 2 amide bonds. The summed E-state index contributed by atoms with van der Waals surface area (Å²) < 4.78 is 6.63. The molecule has 1 atom stereocenters. The van der Waals surface area contributed by atoms with Crippen LogP contribution in [0, 0.1) is 5.92 Å². The van der Waals surface area contributed by atoms with Crippen molar-refractivity contribution in [3.05, 3.63) is 52.5 Å². The van der Waals surface area contributed by atoms with Crippen LogP contribution in [0.15, 0.2) is 46.9 Å². The van der Waals surface area contributed by atoms with Crippen LogP contribution in [-0.2, 0) is 19.7 Å². The number of hydrogen-bond donors (Lipinski definition) is 1. The smallest absolute Gasteiger partial charge is 0.232 e. The van der Waals surface area contributed by atoms with Crippen LogP contribution in [0.3, 0.4) is 0 Å². The summed E-state index contributed by atoms with van der Waals surface area (Å²) in [7, 11) is 0. The van der Waals surface area contributed by atoms with Gasteiger partial charge in [-0.2, -0.15) is 0 Å². The average Bonchev–Trinajstić information content (AvgIpc) is 3.27. The summed E-state index contributed by atoms with van der Waals surface area (Å²) in [5, 5.41) is 0. The van der Waals surface area contributed by atoms with Gasteiger partial charge >= 0.3 is 0 Å². The van der Waals surface area contributed by atoms with E-state index in [1.807, 2.05) is 29.2 Å². The topological polar surface area (TPSA) is 75.9 Å². The zero-order valence-corrected chi connectivity index (χ0v) is 18.2. The number of carbonyl (C=O) groups is 2. The molecule has 30 heavy (non-hydrogen) atoms. The fourth-order valence-electron chi connectivity index (χ4n) is 5.06. The molecule has 156 valence electrons. The van der Waals surface area contributed by atoms with E-state index in [-0.39, 0.29) is 29.6 Å². The molecule has 0 unspecified atom stereocenters. The summed E-state index contributed by atoms with van der Waals surface area (Å²) >= 11 is 3.59. The Hall–Kier alpha value is -2.38. The number of amides is 2. The summed E-state index contributed by atoms with van der Waals surface area (Å²) in [6, 6.07) is 13.4. The maximum Gasteiger partial charge on any atom is 0.232 e. The highest BCUT2D eigenvalue weighted by atomic mass is 79.9. The van der Waals surface area contributed by atoms with Crippen LogP contribution in [0.1, 0.15) is 24.8 Å². The Morgan fingerprint density at radius 3 is 2.73 bits per heavy atom. The zero-order chi connectivity index (χ0) is 20.9. The normalized spacial score (nSPS) is 22.6. The first-order valence-electron chi connectivity index (χ1n) is 10.3. The van der Waals surface area contributed by atoms with Crippen molar-refractivity contribution in [2.75, 3.05) is 41.8 Å². The van der Waals surface area contributed by atoms with Gasteiger partial charge in [0.15, 0.2) is 0 Å². The van der Waals surface area contributed by atoms with Crippen LogP contribution in [0.2, 0.25) is 0 Å². The van der Waals surface area contributed by atoms with Crippen molar-refractivity contribution in [2.24, 2.45) is 5.92 Å². The number of halogens is 1. The molecule has 7 heteroatoms. The minimum atomic E-state index is -0.356. The largest absolute Gasteiger partial charge is 0.399 e.